The summed E-state index contributed by atoms with van der Waals surface area (Å²) in [6.45, 7) is 0.802. The fourth-order valence-corrected chi connectivity index (χ4v) is 3.77. The first kappa shape index (κ1) is 22.1. The number of ether oxygens (including phenoxy) is 1. The molecule has 8 nitrogen and oxygen atoms in total. The van der Waals surface area contributed by atoms with Crippen LogP contribution in [0.3, 0.4) is 0 Å². The molecule has 1 saturated heterocycles. The lowest BCUT2D eigenvalue weighted by Gasteiger charge is -2.33. The molecule has 0 unspecified atom stereocenters. The number of likely N-dealkylation sites (N-methyl/N-ethyl adjacent to an activating group) is 1. The van der Waals surface area contributed by atoms with Crippen molar-refractivity contribution in [3.8, 4) is 0 Å². The summed E-state index contributed by atoms with van der Waals surface area (Å²) in [5, 5.41) is 2.51. The first-order valence-corrected chi connectivity index (χ1v) is 9.88. The molecule has 164 valence electrons. The average molecular weight is 424 g/mol. The van der Waals surface area contributed by atoms with Crippen LogP contribution in [0.1, 0.15) is 31.3 Å². The van der Waals surface area contributed by atoms with E-state index in [4.69, 9.17) is 10.5 Å². The number of halogens is 2. The fourth-order valence-electron chi connectivity index (χ4n) is 3.77. The number of alkyl halides is 2. The van der Waals surface area contributed by atoms with Crippen LogP contribution in [0.25, 0.3) is 0 Å². The summed E-state index contributed by atoms with van der Waals surface area (Å²) >= 11 is 0. The molecule has 2 fully saturated rings. The fraction of sp³-hybridized carbons (Fsp3) is 0.550. The molecule has 0 aromatic heterocycles. The molecule has 3 rings (SSSR count). The lowest BCUT2D eigenvalue weighted by atomic mass is 9.85. The first-order chi connectivity index (χ1) is 14.3. The van der Waals surface area contributed by atoms with Gasteiger partial charge in [0.05, 0.1) is 12.3 Å². The Hall–Kier alpha value is -2.59. The number of primary amides is 1. The van der Waals surface area contributed by atoms with E-state index >= 15 is 0 Å². The van der Waals surface area contributed by atoms with Crippen LogP contribution in [-0.2, 0) is 19.1 Å². The van der Waals surface area contributed by atoms with E-state index in [0.717, 1.165) is 25.3 Å². The van der Waals surface area contributed by atoms with Crippen LogP contribution < -0.4 is 16.0 Å². The quantitative estimate of drug-likeness (QED) is 0.616. The van der Waals surface area contributed by atoms with Crippen LogP contribution >= 0.6 is 0 Å². The van der Waals surface area contributed by atoms with Gasteiger partial charge in [-0.1, -0.05) is 6.42 Å². The predicted molar refractivity (Wildman–Crippen MR) is 106 cm³/mol. The zero-order valence-electron chi connectivity index (χ0n) is 16.8. The number of nitrogens with one attached hydrogen (secondary N) is 1. The zero-order valence-corrected chi connectivity index (χ0v) is 16.8. The van der Waals surface area contributed by atoms with Gasteiger partial charge in [0.25, 0.3) is 18.2 Å². The largest absolute Gasteiger partial charge is 0.370 e. The normalized spacial score (nSPS) is 18.4. The molecule has 1 saturated carbocycles. The van der Waals surface area contributed by atoms with Crippen LogP contribution in [-0.4, -0.2) is 62.0 Å². The topological polar surface area (TPSA) is 105 Å². The molecule has 1 atom stereocenters. The SMILES string of the molecule is CN(CC1CCC1)[C@@H](C(N)=O)C(=O)Nc1ccc(N2CCOCC2=O)c(C(F)F)c1. The smallest absolute Gasteiger partial charge is 0.265 e. The molecule has 1 heterocycles. The molecule has 3 N–H and O–H groups in total. The molecule has 1 aromatic carbocycles. The highest BCUT2D eigenvalue weighted by Crippen LogP contribution is 2.33. The molecule has 1 aromatic rings. The van der Waals surface area contributed by atoms with Crippen molar-refractivity contribution in [3.05, 3.63) is 23.8 Å². The molecular weight excluding hydrogens is 398 g/mol. The van der Waals surface area contributed by atoms with Gasteiger partial charge in [0.15, 0.2) is 6.04 Å². The number of amides is 3. The van der Waals surface area contributed by atoms with Crippen molar-refractivity contribution >= 4 is 29.1 Å². The van der Waals surface area contributed by atoms with Gasteiger partial charge in [0.2, 0.25) is 5.91 Å². The molecule has 0 spiro atoms. The highest BCUT2D eigenvalue weighted by molar-refractivity contribution is 6.09. The van der Waals surface area contributed by atoms with Gasteiger partial charge in [0, 0.05) is 24.3 Å². The van der Waals surface area contributed by atoms with Crippen molar-refractivity contribution in [1.82, 2.24) is 4.90 Å². The molecule has 3 amide bonds. The number of hydrogen-bond donors (Lipinski definition) is 2. The summed E-state index contributed by atoms with van der Waals surface area (Å²) in [4.78, 5) is 39.4. The van der Waals surface area contributed by atoms with E-state index in [1.165, 1.54) is 17.0 Å². The van der Waals surface area contributed by atoms with E-state index < -0.39 is 30.2 Å². The molecule has 2 aliphatic rings. The Kier molecular flexibility index (Phi) is 6.99. The van der Waals surface area contributed by atoms with Gasteiger partial charge >= 0.3 is 0 Å². The standard InChI is InChI=1S/C20H26F2N4O4/c1-25(10-12-3-2-4-12)17(19(23)28)20(29)24-13-5-6-15(14(9-13)18(21)22)26-7-8-30-11-16(26)27/h5-6,9,12,17-18H,2-4,7-8,10-11H2,1H3,(H2,23,28)(H,24,29)/t17-/m0/s1. The van der Waals surface area contributed by atoms with Gasteiger partial charge in [-0.05, 0) is 44.0 Å². The van der Waals surface area contributed by atoms with E-state index in [2.05, 4.69) is 5.32 Å². The lowest BCUT2D eigenvalue weighted by molar-refractivity contribution is -0.132. The Labute approximate surface area is 173 Å². The summed E-state index contributed by atoms with van der Waals surface area (Å²) in [6.07, 6.45) is 0.342. The van der Waals surface area contributed by atoms with E-state index in [-0.39, 0.29) is 36.7 Å². The van der Waals surface area contributed by atoms with Crippen molar-refractivity contribution in [3.63, 3.8) is 0 Å². The third-order valence-electron chi connectivity index (χ3n) is 5.54. The van der Waals surface area contributed by atoms with Crippen molar-refractivity contribution in [1.29, 1.82) is 0 Å². The number of carbonyl (C=O) groups is 3. The maximum atomic E-state index is 13.7. The van der Waals surface area contributed by atoms with Gasteiger partial charge in [-0.25, -0.2) is 8.78 Å². The van der Waals surface area contributed by atoms with Crippen LogP contribution in [0.15, 0.2) is 18.2 Å². The summed E-state index contributed by atoms with van der Waals surface area (Å²) < 4.78 is 32.4. The molecule has 0 radical (unpaired) electrons. The summed E-state index contributed by atoms with van der Waals surface area (Å²) in [5.74, 6) is -1.48. The van der Waals surface area contributed by atoms with Crippen molar-refractivity contribution in [2.24, 2.45) is 11.7 Å². The van der Waals surface area contributed by atoms with Crippen LogP contribution in [0.5, 0.6) is 0 Å². The second-order valence-electron chi connectivity index (χ2n) is 7.70. The Bertz CT molecular complexity index is 816. The number of hydrogen-bond acceptors (Lipinski definition) is 5. The monoisotopic (exact) mass is 424 g/mol. The first-order valence-electron chi connectivity index (χ1n) is 9.88. The van der Waals surface area contributed by atoms with E-state index in [1.54, 1.807) is 11.9 Å². The Morgan fingerprint density at radius 1 is 1.37 bits per heavy atom. The number of carbonyl (C=O) groups excluding carboxylic acids is 3. The number of rotatable bonds is 8. The zero-order chi connectivity index (χ0) is 21.8. The van der Waals surface area contributed by atoms with Gasteiger partial charge in [-0.2, -0.15) is 0 Å². The number of morpholine rings is 1. The second kappa shape index (κ2) is 9.48. The van der Waals surface area contributed by atoms with Crippen LogP contribution in [0, 0.1) is 5.92 Å². The predicted octanol–water partition coefficient (Wildman–Crippen LogP) is 1.51. The number of anilines is 2. The molecule has 1 aliphatic heterocycles. The third-order valence-corrected chi connectivity index (χ3v) is 5.54. The van der Waals surface area contributed by atoms with E-state index in [1.807, 2.05) is 0 Å². The highest BCUT2D eigenvalue weighted by atomic mass is 19.3. The van der Waals surface area contributed by atoms with Crippen LogP contribution in [0.2, 0.25) is 0 Å². The van der Waals surface area contributed by atoms with Gasteiger partial charge in [0.1, 0.15) is 6.61 Å². The van der Waals surface area contributed by atoms with Crippen LogP contribution in [0.4, 0.5) is 20.2 Å². The number of benzene rings is 1. The summed E-state index contributed by atoms with van der Waals surface area (Å²) in [6, 6.07) is 2.69. The molecule has 30 heavy (non-hydrogen) atoms. The minimum Gasteiger partial charge on any atom is -0.370 e. The number of nitrogens with two attached hydrogens (primary N) is 1. The number of nitrogens with zero attached hydrogens (tertiary/aromatic N) is 2. The third kappa shape index (κ3) is 4.93. The Balaban J connectivity index is 1.77. The maximum Gasteiger partial charge on any atom is 0.265 e. The molecule has 1 aliphatic carbocycles. The second-order valence-corrected chi connectivity index (χ2v) is 7.70. The molecular formula is C20H26F2N4O4. The van der Waals surface area contributed by atoms with Crippen molar-refractivity contribution in [2.75, 3.05) is 43.6 Å². The van der Waals surface area contributed by atoms with E-state index in [0.29, 0.717) is 12.5 Å². The van der Waals surface area contributed by atoms with Gasteiger partial charge in [-0.15, -0.1) is 0 Å². The van der Waals surface area contributed by atoms with Crippen molar-refractivity contribution < 1.29 is 27.9 Å². The Morgan fingerprint density at radius 3 is 2.67 bits per heavy atom. The lowest BCUT2D eigenvalue weighted by Crippen LogP contribution is -2.52. The van der Waals surface area contributed by atoms with E-state index in [9.17, 15) is 23.2 Å². The summed E-state index contributed by atoms with van der Waals surface area (Å²) in [7, 11) is 1.64. The van der Waals surface area contributed by atoms with Crippen molar-refractivity contribution in [2.45, 2.75) is 31.7 Å². The minimum absolute atomic E-state index is 0.0739. The molecule has 10 heteroatoms. The summed E-state index contributed by atoms with van der Waals surface area (Å²) in [5.41, 5.74) is 5.21. The maximum absolute atomic E-state index is 13.7. The minimum atomic E-state index is -2.86. The molecule has 0 bridgehead atoms. The van der Waals surface area contributed by atoms with Gasteiger partial charge in [-0.3, -0.25) is 19.3 Å². The highest BCUT2D eigenvalue weighted by Gasteiger charge is 2.32. The average Bonchev–Trinajstić information content (AvgIpc) is 2.65. The van der Waals surface area contributed by atoms with Gasteiger partial charge < -0.3 is 20.7 Å². The Morgan fingerprint density at radius 2 is 2.10 bits per heavy atom.